The number of benzene rings is 1. The second-order valence-electron chi connectivity index (χ2n) is 10.0. The molecule has 1 aromatic carbocycles. The number of urea groups is 1. The summed E-state index contributed by atoms with van der Waals surface area (Å²) in [6.07, 6.45) is 5.42. The molecular weight excluding hydrogens is 524 g/mol. The van der Waals surface area contributed by atoms with Gasteiger partial charge in [-0.2, -0.15) is 4.98 Å². The molecule has 1 aliphatic carbocycles. The topological polar surface area (TPSA) is 118 Å². The van der Waals surface area contributed by atoms with Crippen LogP contribution in [-0.4, -0.2) is 65.8 Å². The SMILES string of the molecule is COc1ccc2c(c1)CCN(C1CCN(c3nc(Cl)cc(OC4=CC(C)C5NC(=O)OC5=C4)n3)CC1)C(=O)N2. The van der Waals surface area contributed by atoms with Crippen molar-refractivity contribution >= 4 is 35.4 Å². The number of aromatic nitrogens is 2. The van der Waals surface area contributed by atoms with Gasteiger partial charge in [-0.15, -0.1) is 0 Å². The summed E-state index contributed by atoms with van der Waals surface area (Å²) in [5.41, 5.74) is 1.90. The highest BCUT2D eigenvalue weighted by Crippen LogP contribution is 2.31. The molecule has 204 valence electrons. The lowest BCUT2D eigenvalue weighted by molar-refractivity contribution is 0.177. The molecule has 11 nitrogen and oxygen atoms in total. The summed E-state index contributed by atoms with van der Waals surface area (Å²) in [5.74, 6) is 2.60. The molecule has 0 radical (unpaired) electrons. The van der Waals surface area contributed by atoms with Crippen molar-refractivity contribution in [2.75, 3.05) is 37.0 Å². The van der Waals surface area contributed by atoms with Crippen molar-refractivity contribution in [2.24, 2.45) is 5.92 Å². The zero-order chi connectivity index (χ0) is 27.1. The number of amides is 3. The first-order chi connectivity index (χ1) is 18.9. The summed E-state index contributed by atoms with van der Waals surface area (Å²) < 4.78 is 16.6. The third kappa shape index (κ3) is 5.18. The molecule has 3 amide bonds. The van der Waals surface area contributed by atoms with Gasteiger partial charge < -0.3 is 34.6 Å². The molecule has 1 aromatic heterocycles. The van der Waals surface area contributed by atoms with E-state index in [0.29, 0.717) is 43.0 Å². The second-order valence-corrected chi connectivity index (χ2v) is 10.4. The van der Waals surface area contributed by atoms with Gasteiger partial charge in [0.15, 0.2) is 0 Å². The van der Waals surface area contributed by atoms with E-state index in [-0.39, 0.29) is 29.2 Å². The van der Waals surface area contributed by atoms with Gasteiger partial charge in [0.2, 0.25) is 11.8 Å². The average molecular weight is 553 g/mol. The largest absolute Gasteiger partial charge is 0.497 e. The summed E-state index contributed by atoms with van der Waals surface area (Å²) >= 11 is 6.34. The molecule has 3 aliphatic heterocycles. The fourth-order valence-electron chi connectivity index (χ4n) is 5.50. The minimum Gasteiger partial charge on any atom is -0.497 e. The highest BCUT2D eigenvalue weighted by Gasteiger charge is 2.36. The molecule has 4 heterocycles. The van der Waals surface area contributed by atoms with Gasteiger partial charge in [-0.25, -0.2) is 14.6 Å². The number of carbonyl (C=O) groups excluding carboxylic acids is 2. The first-order valence-electron chi connectivity index (χ1n) is 13.0. The van der Waals surface area contributed by atoms with Crippen molar-refractivity contribution in [3.05, 3.63) is 58.7 Å². The van der Waals surface area contributed by atoms with Crippen LogP contribution in [0.2, 0.25) is 5.15 Å². The summed E-state index contributed by atoms with van der Waals surface area (Å²) in [6, 6.07) is 7.11. The lowest BCUT2D eigenvalue weighted by atomic mass is 9.95. The predicted molar refractivity (Wildman–Crippen MR) is 144 cm³/mol. The molecule has 12 heteroatoms. The third-order valence-electron chi connectivity index (χ3n) is 7.53. The smallest absolute Gasteiger partial charge is 0.412 e. The number of hydrogen-bond donors (Lipinski definition) is 2. The van der Waals surface area contributed by atoms with Crippen LogP contribution in [0.25, 0.3) is 0 Å². The van der Waals surface area contributed by atoms with Crippen molar-refractivity contribution in [3.63, 3.8) is 0 Å². The van der Waals surface area contributed by atoms with Crippen LogP contribution in [0.5, 0.6) is 11.6 Å². The Morgan fingerprint density at radius 3 is 2.74 bits per heavy atom. The Balaban J connectivity index is 1.10. The number of piperidine rings is 1. The molecule has 39 heavy (non-hydrogen) atoms. The van der Waals surface area contributed by atoms with Gasteiger partial charge in [0.1, 0.15) is 22.4 Å². The van der Waals surface area contributed by atoms with Gasteiger partial charge in [0, 0.05) is 49.4 Å². The number of alkyl carbamates (subject to hydrolysis) is 1. The summed E-state index contributed by atoms with van der Waals surface area (Å²) in [6.45, 7) is 3.94. The number of fused-ring (bicyclic) bond motifs is 2. The van der Waals surface area contributed by atoms with Crippen LogP contribution in [0.3, 0.4) is 0 Å². The lowest BCUT2D eigenvalue weighted by Gasteiger charge is -2.38. The van der Waals surface area contributed by atoms with Gasteiger partial charge >= 0.3 is 12.1 Å². The van der Waals surface area contributed by atoms with Crippen molar-refractivity contribution in [1.82, 2.24) is 20.2 Å². The monoisotopic (exact) mass is 552 g/mol. The number of anilines is 2. The van der Waals surface area contributed by atoms with E-state index >= 15 is 0 Å². The number of rotatable bonds is 5. The summed E-state index contributed by atoms with van der Waals surface area (Å²) in [5, 5.41) is 6.10. The minimum absolute atomic E-state index is 0.00623. The Kier molecular flexibility index (Phi) is 6.68. The van der Waals surface area contributed by atoms with Crippen molar-refractivity contribution in [1.29, 1.82) is 0 Å². The number of ether oxygens (including phenoxy) is 3. The van der Waals surface area contributed by atoms with E-state index in [1.54, 1.807) is 19.3 Å². The molecule has 6 rings (SSSR count). The van der Waals surface area contributed by atoms with Crippen LogP contribution >= 0.6 is 11.6 Å². The highest BCUT2D eigenvalue weighted by atomic mass is 35.5. The van der Waals surface area contributed by atoms with Gasteiger partial charge in [0.05, 0.1) is 13.2 Å². The van der Waals surface area contributed by atoms with E-state index in [0.717, 1.165) is 36.3 Å². The standard InChI is InChI=1S/C27H29ClN6O5/c1-15-11-19(13-21-24(15)32-27(36)39-21)38-23-14-22(28)30-25(31-23)33-8-6-17(7-9-33)34-10-5-16-12-18(37-2)3-4-20(16)29-26(34)35/h3-4,11-15,17,24H,5-10H2,1-2H3,(H,29,35)(H,32,36). The number of nitrogens with one attached hydrogen (secondary N) is 2. The first-order valence-corrected chi connectivity index (χ1v) is 13.4. The van der Waals surface area contributed by atoms with E-state index in [2.05, 4.69) is 25.5 Å². The highest BCUT2D eigenvalue weighted by molar-refractivity contribution is 6.29. The van der Waals surface area contributed by atoms with Crippen molar-refractivity contribution < 1.29 is 23.8 Å². The van der Waals surface area contributed by atoms with E-state index in [1.165, 1.54) is 0 Å². The Morgan fingerprint density at radius 2 is 1.95 bits per heavy atom. The zero-order valence-electron chi connectivity index (χ0n) is 21.6. The fraction of sp³-hybridized carbons (Fsp3) is 0.407. The van der Waals surface area contributed by atoms with Gasteiger partial charge in [-0.1, -0.05) is 18.5 Å². The van der Waals surface area contributed by atoms with Crippen LogP contribution in [0, 0.1) is 5.92 Å². The molecule has 0 saturated carbocycles. The Bertz CT molecular complexity index is 1370. The van der Waals surface area contributed by atoms with Crippen LogP contribution in [0.1, 0.15) is 25.3 Å². The van der Waals surface area contributed by atoms with E-state index in [4.69, 9.17) is 25.8 Å². The third-order valence-corrected chi connectivity index (χ3v) is 7.73. The first kappa shape index (κ1) is 25.3. The number of halogens is 1. The number of hydrogen-bond acceptors (Lipinski definition) is 8. The number of nitrogens with zero attached hydrogens (tertiary/aromatic N) is 4. The van der Waals surface area contributed by atoms with Gasteiger partial charge in [-0.05, 0) is 49.1 Å². The van der Waals surface area contributed by atoms with Crippen molar-refractivity contribution in [2.45, 2.75) is 38.3 Å². The minimum atomic E-state index is -0.467. The molecule has 2 unspecified atom stereocenters. The predicted octanol–water partition coefficient (Wildman–Crippen LogP) is 4.10. The average Bonchev–Trinajstić information content (AvgIpc) is 3.21. The van der Waals surface area contributed by atoms with E-state index < -0.39 is 6.09 Å². The Hall–Kier alpha value is -3.99. The van der Waals surface area contributed by atoms with E-state index in [1.807, 2.05) is 36.1 Å². The molecule has 4 aliphatic rings. The maximum Gasteiger partial charge on any atom is 0.412 e. The molecule has 2 aromatic rings. The number of carbonyl (C=O) groups is 2. The second kappa shape index (κ2) is 10.3. The quantitative estimate of drug-likeness (QED) is 0.532. The molecule has 2 N–H and O–H groups in total. The fourth-order valence-corrected chi connectivity index (χ4v) is 5.67. The Labute approximate surface area is 230 Å². The number of methoxy groups -OCH3 is 1. The molecule has 2 fully saturated rings. The number of allylic oxidation sites excluding steroid dienone is 1. The molecular formula is C27H29ClN6O5. The van der Waals surface area contributed by atoms with Crippen LogP contribution in [-0.2, 0) is 11.2 Å². The Morgan fingerprint density at radius 1 is 1.13 bits per heavy atom. The molecule has 2 saturated heterocycles. The molecule has 0 spiro atoms. The zero-order valence-corrected chi connectivity index (χ0v) is 22.4. The summed E-state index contributed by atoms with van der Waals surface area (Å²) in [4.78, 5) is 37.7. The molecule has 2 atom stereocenters. The van der Waals surface area contributed by atoms with Gasteiger partial charge in [0.25, 0.3) is 0 Å². The van der Waals surface area contributed by atoms with E-state index in [9.17, 15) is 9.59 Å². The van der Waals surface area contributed by atoms with Gasteiger partial charge in [-0.3, -0.25) is 0 Å². The normalized spacial score (nSPS) is 22.9. The van der Waals surface area contributed by atoms with Crippen molar-refractivity contribution in [3.8, 4) is 11.6 Å². The lowest BCUT2D eigenvalue weighted by Crippen LogP contribution is -2.49. The van der Waals surface area contributed by atoms with Crippen LogP contribution in [0.15, 0.2) is 47.9 Å². The van der Waals surface area contributed by atoms with Crippen LogP contribution < -0.4 is 25.0 Å². The maximum absolute atomic E-state index is 13.0. The summed E-state index contributed by atoms with van der Waals surface area (Å²) in [7, 11) is 1.64. The maximum atomic E-state index is 13.0. The molecule has 0 bridgehead atoms. The van der Waals surface area contributed by atoms with Crippen LogP contribution in [0.4, 0.5) is 21.2 Å².